The second kappa shape index (κ2) is 7.44. The highest BCUT2D eigenvalue weighted by atomic mass is 16.6. The van der Waals surface area contributed by atoms with Gasteiger partial charge in [-0.05, 0) is 24.6 Å². The van der Waals surface area contributed by atoms with Crippen LogP contribution in [0.1, 0.15) is 6.42 Å². The van der Waals surface area contributed by atoms with Crippen LogP contribution in [0.25, 0.3) is 5.69 Å². The molecule has 3 rings (SSSR count). The fourth-order valence-electron chi connectivity index (χ4n) is 2.35. The summed E-state index contributed by atoms with van der Waals surface area (Å²) in [5.41, 5.74) is 1.43. The number of hydrogen-bond acceptors (Lipinski definition) is 5. The van der Waals surface area contributed by atoms with Crippen LogP contribution in [-0.2, 0) is 4.74 Å². The van der Waals surface area contributed by atoms with E-state index in [4.69, 9.17) is 4.74 Å². The van der Waals surface area contributed by atoms with Crippen LogP contribution >= 0.6 is 0 Å². The summed E-state index contributed by atoms with van der Waals surface area (Å²) in [6, 6.07) is 6.91. The van der Waals surface area contributed by atoms with Gasteiger partial charge in [0.1, 0.15) is 12.7 Å². The number of rotatable bonds is 5. The average molecular weight is 330 g/mol. The Labute approximate surface area is 138 Å². The molecule has 9 nitrogen and oxygen atoms in total. The van der Waals surface area contributed by atoms with E-state index >= 15 is 0 Å². The number of benzene rings is 1. The average Bonchev–Trinajstić information content (AvgIpc) is 3.11. The number of amides is 3. The molecule has 0 aliphatic carbocycles. The van der Waals surface area contributed by atoms with Crippen LogP contribution in [0.4, 0.5) is 15.3 Å². The molecule has 3 amide bonds. The number of anilines is 1. The molecule has 1 saturated heterocycles. The van der Waals surface area contributed by atoms with Crippen molar-refractivity contribution in [3.63, 3.8) is 0 Å². The van der Waals surface area contributed by atoms with Crippen LogP contribution in [0.15, 0.2) is 36.9 Å². The van der Waals surface area contributed by atoms with Crippen LogP contribution in [0.3, 0.4) is 0 Å². The zero-order valence-corrected chi connectivity index (χ0v) is 13.0. The molecule has 2 aromatic rings. The zero-order valence-electron chi connectivity index (χ0n) is 13.0. The first-order valence-electron chi connectivity index (χ1n) is 7.64. The van der Waals surface area contributed by atoms with Crippen LogP contribution in [0.5, 0.6) is 0 Å². The van der Waals surface area contributed by atoms with Crippen molar-refractivity contribution in [2.45, 2.75) is 6.42 Å². The largest absolute Gasteiger partial charge is 0.449 e. The number of hydrogen-bond donors (Lipinski definition) is 2. The zero-order chi connectivity index (χ0) is 16.8. The summed E-state index contributed by atoms with van der Waals surface area (Å²) in [5, 5.41) is 9.51. The summed E-state index contributed by atoms with van der Waals surface area (Å²) >= 11 is 0. The number of nitrogens with one attached hydrogen (secondary N) is 2. The van der Waals surface area contributed by atoms with E-state index in [-0.39, 0.29) is 12.1 Å². The van der Waals surface area contributed by atoms with Gasteiger partial charge in [-0.1, -0.05) is 6.07 Å². The van der Waals surface area contributed by atoms with Crippen molar-refractivity contribution in [3.8, 4) is 5.69 Å². The normalized spacial score (nSPS) is 14.2. The molecule has 1 aliphatic heterocycles. The van der Waals surface area contributed by atoms with Crippen molar-refractivity contribution in [1.82, 2.24) is 25.0 Å². The van der Waals surface area contributed by atoms with Gasteiger partial charge in [-0.2, -0.15) is 5.10 Å². The van der Waals surface area contributed by atoms with Gasteiger partial charge < -0.3 is 20.3 Å². The minimum atomic E-state index is -0.337. The third-order valence-electron chi connectivity index (χ3n) is 3.51. The monoisotopic (exact) mass is 330 g/mol. The number of nitrogens with zero attached hydrogens (tertiary/aromatic N) is 4. The van der Waals surface area contributed by atoms with E-state index in [1.807, 2.05) is 12.1 Å². The maximum Gasteiger partial charge on any atom is 0.409 e. The van der Waals surface area contributed by atoms with Crippen molar-refractivity contribution < 1.29 is 14.3 Å². The van der Waals surface area contributed by atoms with E-state index in [2.05, 4.69) is 20.7 Å². The standard InChI is InChI=1S/C15H18N6O3/c22-14(17-5-7-20-6-2-8-24-15(20)23)19-12-3-1-4-13(9-12)21-11-16-10-18-21/h1,3-4,9-11H,2,5-8H2,(H2,17,19,22). The molecule has 9 heteroatoms. The summed E-state index contributed by atoms with van der Waals surface area (Å²) in [5.74, 6) is 0. The van der Waals surface area contributed by atoms with E-state index in [9.17, 15) is 9.59 Å². The van der Waals surface area contributed by atoms with Crippen molar-refractivity contribution in [2.75, 3.05) is 31.6 Å². The van der Waals surface area contributed by atoms with Crippen LogP contribution in [0.2, 0.25) is 0 Å². The molecule has 0 bridgehead atoms. The maximum absolute atomic E-state index is 11.9. The van der Waals surface area contributed by atoms with Crippen molar-refractivity contribution in [3.05, 3.63) is 36.9 Å². The van der Waals surface area contributed by atoms with Crippen LogP contribution in [0, 0.1) is 0 Å². The molecule has 1 aliphatic rings. The molecular formula is C15H18N6O3. The van der Waals surface area contributed by atoms with Gasteiger partial charge in [0.15, 0.2) is 0 Å². The molecule has 24 heavy (non-hydrogen) atoms. The smallest absolute Gasteiger partial charge is 0.409 e. The predicted molar refractivity (Wildman–Crippen MR) is 85.9 cm³/mol. The highest BCUT2D eigenvalue weighted by Gasteiger charge is 2.18. The number of carbonyl (C=O) groups excluding carboxylic acids is 2. The summed E-state index contributed by atoms with van der Waals surface area (Å²) in [7, 11) is 0. The lowest BCUT2D eigenvalue weighted by Crippen LogP contribution is -2.43. The molecule has 0 unspecified atom stereocenters. The van der Waals surface area contributed by atoms with Gasteiger partial charge >= 0.3 is 12.1 Å². The van der Waals surface area contributed by atoms with Gasteiger partial charge in [0.25, 0.3) is 0 Å². The van der Waals surface area contributed by atoms with Gasteiger partial charge in [0, 0.05) is 25.3 Å². The minimum Gasteiger partial charge on any atom is -0.449 e. The summed E-state index contributed by atoms with van der Waals surface area (Å²) in [6.45, 7) is 1.89. The summed E-state index contributed by atoms with van der Waals surface area (Å²) < 4.78 is 6.54. The van der Waals surface area contributed by atoms with Gasteiger partial charge in [0.05, 0.1) is 12.3 Å². The molecule has 2 heterocycles. The quantitative estimate of drug-likeness (QED) is 0.858. The van der Waals surface area contributed by atoms with E-state index in [1.54, 1.807) is 28.0 Å². The third-order valence-corrected chi connectivity index (χ3v) is 3.51. The van der Waals surface area contributed by atoms with E-state index < -0.39 is 0 Å². The minimum absolute atomic E-state index is 0.330. The Kier molecular flexibility index (Phi) is 4.90. The molecule has 1 aromatic heterocycles. The lowest BCUT2D eigenvalue weighted by atomic mass is 10.3. The van der Waals surface area contributed by atoms with Crippen LogP contribution in [-0.4, -0.2) is 58.0 Å². The molecule has 0 spiro atoms. The molecule has 126 valence electrons. The molecule has 0 atom stereocenters. The Balaban J connectivity index is 1.48. The highest BCUT2D eigenvalue weighted by Crippen LogP contribution is 2.13. The fraction of sp³-hybridized carbons (Fsp3) is 0.333. The lowest BCUT2D eigenvalue weighted by molar-refractivity contribution is 0.0736. The Hall–Kier alpha value is -3.10. The van der Waals surface area contributed by atoms with Gasteiger partial charge in [-0.3, -0.25) is 0 Å². The molecular weight excluding hydrogens is 312 g/mol. The van der Waals surface area contributed by atoms with Crippen molar-refractivity contribution >= 4 is 17.8 Å². The number of aromatic nitrogens is 3. The maximum atomic E-state index is 11.9. The van der Waals surface area contributed by atoms with Gasteiger partial charge in [0.2, 0.25) is 0 Å². The first-order valence-corrected chi connectivity index (χ1v) is 7.64. The number of cyclic esters (lactones) is 1. The van der Waals surface area contributed by atoms with Crippen molar-refractivity contribution in [1.29, 1.82) is 0 Å². The molecule has 0 saturated carbocycles. The Morgan fingerprint density at radius 3 is 3.08 bits per heavy atom. The third kappa shape index (κ3) is 4.00. The molecule has 1 fully saturated rings. The van der Waals surface area contributed by atoms with Crippen molar-refractivity contribution in [2.24, 2.45) is 0 Å². The second-order valence-electron chi connectivity index (χ2n) is 5.23. The van der Waals surface area contributed by atoms with Gasteiger partial charge in [-0.25, -0.2) is 19.3 Å². The molecule has 0 radical (unpaired) electrons. The van der Waals surface area contributed by atoms with Gasteiger partial charge in [-0.15, -0.1) is 0 Å². The van der Waals surface area contributed by atoms with E-state index in [0.717, 1.165) is 12.1 Å². The first kappa shape index (κ1) is 15.8. The van der Waals surface area contributed by atoms with E-state index in [0.29, 0.717) is 31.9 Å². The Morgan fingerprint density at radius 2 is 2.29 bits per heavy atom. The number of urea groups is 1. The topological polar surface area (TPSA) is 101 Å². The molecule has 1 aromatic carbocycles. The summed E-state index contributed by atoms with van der Waals surface area (Å²) in [6.07, 6.45) is 3.51. The Morgan fingerprint density at radius 1 is 1.38 bits per heavy atom. The number of carbonyl (C=O) groups is 2. The summed E-state index contributed by atoms with van der Waals surface area (Å²) in [4.78, 5) is 28.9. The Bertz CT molecular complexity index is 703. The molecule has 2 N–H and O–H groups in total. The van der Waals surface area contributed by atoms with E-state index in [1.165, 1.54) is 6.33 Å². The SMILES string of the molecule is O=C(NCCN1CCCOC1=O)Nc1cccc(-n2cncn2)c1. The van der Waals surface area contributed by atoms with Crippen LogP contribution < -0.4 is 10.6 Å². The fourth-order valence-corrected chi connectivity index (χ4v) is 2.35. The first-order chi connectivity index (χ1) is 11.7. The second-order valence-corrected chi connectivity index (χ2v) is 5.23. The number of ether oxygens (including phenoxy) is 1. The highest BCUT2D eigenvalue weighted by molar-refractivity contribution is 5.89. The predicted octanol–water partition coefficient (Wildman–Crippen LogP) is 1.23. The lowest BCUT2D eigenvalue weighted by Gasteiger charge is -2.26.